The Kier molecular flexibility index (Phi) is 5.83. The van der Waals surface area contributed by atoms with Crippen LogP contribution in [0.15, 0.2) is 48.5 Å². The van der Waals surface area contributed by atoms with Crippen LogP contribution in [0.25, 0.3) is 10.9 Å². The van der Waals surface area contributed by atoms with Crippen LogP contribution in [0, 0.1) is 6.92 Å². The first-order chi connectivity index (χ1) is 13.0. The molecule has 0 aliphatic heterocycles. The van der Waals surface area contributed by atoms with E-state index in [1.54, 1.807) is 0 Å². The topological polar surface area (TPSA) is 31.4 Å². The van der Waals surface area contributed by atoms with Crippen molar-refractivity contribution < 1.29 is 7.06 Å². The number of aromatic nitrogens is 1. The van der Waals surface area contributed by atoms with Crippen molar-refractivity contribution in [2.24, 2.45) is 0 Å². The molecule has 1 aromatic heterocycles. The van der Waals surface area contributed by atoms with Gasteiger partial charge in [0.1, 0.15) is 0 Å². The quantitative estimate of drug-likeness (QED) is 0.464. The van der Waals surface area contributed by atoms with Crippen LogP contribution in [-0.4, -0.2) is 23.1 Å². The summed E-state index contributed by atoms with van der Waals surface area (Å²) in [4.78, 5) is 4.64. The van der Waals surface area contributed by atoms with Crippen molar-refractivity contribution in [3.8, 4) is 11.5 Å². The van der Waals surface area contributed by atoms with Crippen LogP contribution in [0.4, 0.5) is 0 Å². The first-order valence-electron chi connectivity index (χ1n) is 9.71. The molecule has 0 atom stereocenters. The number of benzene rings is 2. The summed E-state index contributed by atoms with van der Waals surface area (Å²) < 4.78 is 12.3. The maximum atomic E-state index is 6.17. The molecule has 0 N–H and O–H groups in total. The van der Waals surface area contributed by atoms with Gasteiger partial charge in [0.25, 0.3) is 0 Å². The molecule has 0 aliphatic carbocycles. The Balaban J connectivity index is 1.82. The van der Waals surface area contributed by atoms with Crippen molar-refractivity contribution in [2.75, 3.05) is 0 Å². The minimum absolute atomic E-state index is 0.0702. The number of hydrogen-bond acceptors (Lipinski definition) is 3. The van der Waals surface area contributed by atoms with E-state index in [0.29, 0.717) is 0 Å². The standard InChI is InChI=1S/C14H22O.C10H9NO.Ga/c1-13(2,3)10-7-11(14(4,5)6)9-12(15)8-10;1-7-5-6-8-3-2-4-9(12)10(8)11-7;/h7-9,15H,1-6H3;2-6,12H,1H3;/q;;+2/p-2. The fourth-order valence-corrected chi connectivity index (χ4v) is 4.21. The van der Waals surface area contributed by atoms with Crippen LogP contribution < -0.4 is 7.06 Å². The SMILES string of the molecule is Cc1ccc2cccc([O][Ga][O]c3cc(C(C)(C)C)cc(C(C)(C)C)c3)c2n1. The molecule has 0 amide bonds. The van der Waals surface area contributed by atoms with E-state index in [1.165, 1.54) is 11.1 Å². The summed E-state index contributed by atoms with van der Waals surface area (Å²) in [5.41, 5.74) is 4.61. The molecule has 145 valence electrons. The third kappa shape index (κ3) is 4.92. The molecule has 3 aromatic rings. The summed E-state index contributed by atoms with van der Waals surface area (Å²) in [5, 5.41) is 1.09. The molecule has 28 heavy (non-hydrogen) atoms. The van der Waals surface area contributed by atoms with Crippen molar-refractivity contribution in [2.45, 2.75) is 59.3 Å². The number of aryl methyl sites for hydroxylation is 1. The molecule has 0 saturated heterocycles. The van der Waals surface area contributed by atoms with E-state index in [4.69, 9.17) is 7.06 Å². The third-order valence-corrected chi connectivity index (χ3v) is 6.33. The van der Waals surface area contributed by atoms with Gasteiger partial charge in [0.15, 0.2) is 0 Å². The molecular weight excluding hydrogens is 404 g/mol. The van der Waals surface area contributed by atoms with Crippen LogP contribution in [-0.2, 0) is 10.8 Å². The molecule has 3 nitrogen and oxygen atoms in total. The van der Waals surface area contributed by atoms with Gasteiger partial charge in [-0.1, -0.05) is 0 Å². The maximum absolute atomic E-state index is 6.17. The number of para-hydroxylation sites is 1. The summed E-state index contributed by atoms with van der Waals surface area (Å²) >= 11 is -1.42. The Morgan fingerprint density at radius 1 is 0.786 bits per heavy atom. The van der Waals surface area contributed by atoms with E-state index in [0.717, 1.165) is 28.1 Å². The molecule has 1 radical (unpaired) electrons. The van der Waals surface area contributed by atoms with Gasteiger partial charge in [0.05, 0.1) is 0 Å². The van der Waals surface area contributed by atoms with E-state index in [1.807, 2.05) is 25.1 Å². The second-order valence-corrected chi connectivity index (χ2v) is 10.8. The van der Waals surface area contributed by atoms with Gasteiger partial charge in [-0.2, -0.15) is 0 Å². The number of pyridine rings is 1. The summed E-state index contributed by atoms with van der Waals surface area (Å²) in [6, 6.07) is 16.7. The molecule has 0 fully saturated rings. The van der Waals surface area contributed by atoms with E-state index >= 15 is 0 Å². The van der Waals surface area contributed by atoms with E-state index in [2.05, 4.69) is 76.9 Å². The Bertz CT molecular complexity index is 952. The summed E-state index contributed by atoms with van der Waals surface area (Å²) in [5.74, 6) is 1.71. The predicted molar refractivity (Wildman–Crippen MR) is 117 cm³/mol. The van der Waals surface area contributed by atoms with Gasteiger partial charge >= 0.3 is 177 Å². The van der Waals surface area contributed by atoms with Crippen molar-refractivity contribution in [1.82, 2.24) is 4.98 Å². The molecule has 0 bridgehead atoms. The van der Waals surface area contributed by atoms with Crippen molar-refractivity contribution in [1.29, 1.82) is 0 Å². The molecular formula is C24H29GaNO2. The molecule has 0 aliphatic rings. The molecule has 0 unspecified atom stereocenters. The zero-order valence-electron chi connectivity index (χ0n) is 18.0. The molecule has 4 heteroatoms. The van der Waals surface area contributed by atoms with Crippen molar-refractivity contribution in [3.05, 3.63) is 65.4 Å². The first-order valence-corrected chi connectivity index (χ1v) is 11.7. The van der Waals surface area contributed by atoms with Gasteiger partial charge in [0, 0.05) is 0 Å². The summed E-state index contributed by atoms with van der Waals surface area (Å²) in [6.07, 6.45) is 0. The minimum atomic E-state index is -1.42. The van der Waals surface area contributed by atoms with Gasteiger partial charge in [-0.05, 0) is 0 Å². The zero-order chi connectivity index (χ0) is 20.5. The monoisotopic (exact) mass is 432 g/mol. The summed E-state index contributed by atoms with van der Waals surface area (Å²) in [6.45, 7) is 15.4. The van der Waals surface area contributed by atoms with Crippen molar-refractivity contribution >= 4 is 29.0 Å². The van der Waals surface area contributed by atoms with Crippen LogP contribution in [0.1, 0.15) is 58.4 Å². The number of hydrogen-bond donors (Lipinski definition) is 0. The van der Waals surface area contributed by atoms with Crippen LogP contribution in [0.3, 0.4) is 0 Å². The third-order valence-electron chi connectivity index (χ3n) is 4.82. The fraction of sp³-hybridized carbons (Fsp3) is 0.375. The Morgan fingerprint density at radius 2 is 1.43 bits per heavy atom. The average molecular weight is 433 g/mol. The van der Waals surface area contributed by atoms with E-state index in [9.17, 15) is 0 Å². The number of nitrogens with zero attached hydrogens (tertiary/aromatic N) is 1. The van der Waals surface area contributed by atoms with Crippen molar-refractivity contribution in [3.63, 3.8) is 0 Å². The molecule has 3 rings (SSSR count). The van der Waals surface area contributed by atoms with Crippen LogP contribution >= 0.6 is 0 Å². The number of rotatable bonds is 4. The van der Waals surface area contributed by atoms with Crippen LogP contribution in [0.5, 0.6) is 11.5 Å². The van der Waals surface area contributed by atoms with E-state index < -0.39 is 18.1 Å². The molecule has 0 spiro atoms. The van der Waals surface area contributed by atoms with Gasteiger partial charge in [-0.15, -0.1) is 0 Å². The summed E-state index contributed by atoms with van der Waals surface area (Å²) in [7, 11) is 0. The second kappa shape index (κ2) is 7.84. The second-order valence-electron chi connectivity index (χ2n) is 9.36. The van der Waals surface area contributed by atoms with Gasteiger partial charge in [-0.25, -0.2) is 0 Å². The first kappa shape index (κ1) is 20.8. The van der Waals surface area contributed by atoms with E-state index in [-0.39, 0.29) is 10.8 Å². The predicted octanol–water partition coefficient (Wildman–Crippen LogP) is 6.13. The van der Waals surface area contributed by atoms with Crippen LogP contribution in [0.2, 0.25) is 0 Å². The van der Waals surface area contributed by atoms with Gasteiger partial charge in [-0.3, -0.25) is 0 Å². The Hall–Kier alpha value is -1.91. The normalized spacial score (nSPS) is 12.1. The Morgan fingerprint density at radius 3 is 2.04 bits per heavy atom. The number of fused-ring (bicyclic) bond motifs is 1. The fourth-order valence-electron chi connectivity index (χ4n) is 2.98. The average Bonchev–Trinajstić information content (AvgIpc) is 2.60. The molecule has 0 saturated carbocycles. The molecule has 2 aromatic carbocycles. The van der Waals surface area contributed by atoms with Gasteiger partial charge < -0.3 is 0 Å². The zero-order valence-corrected chi connectivity index (χ0v) is 20.4. The Labute approximate surface area is 177 Å². The van der Waals surface area contributed by atoms with Gasteiger partial charge in [0.2, 0.25) is 0 Å². The molecule has 1 heterocycles.